The lowest BCUT2D eigenvalue weighted by atomic mass is 10.3. The second kappa shape index (κ2) is 4.31. The van der Waals surface area contributed by atoms with Crippen LogP contribution in [0.15, 0.2) is 18.6 Å². The lowest BCUT2D eigenvalue weighted by Gasteiger charge is -2.12. The normalized spacial score (nSPS) is 9.50. The third-order valence-electron chi connectivity index (χ3n) is 1.52. The van der Waals surface area contributed by atoms with E-state index in [0.29, 0.717) is 0 Å². The fraction of sp³-hybridized carbons (Fsp3) is 0.250. The Balaban J connectivity index is 2.71. The fourth-order valence-corrected chi connectivity index (χ4v) is 0.887. The topological polar surface area (TPSA) is 83.4 Å². The Kier molecular flexibility index (Phi) is 3.11. The number of carboxylic acids is 1. The van der Waals surface area contributed by atoms with Gasteiger partial charge in [0, 0.05) is 13.2 Å². The number of aliphatic carboxylic acids is 1. The molecule has 0 aromatic carbocycles. The van der Waals surface area contributed by atoms with Crippen molar-refractivity contribution < 1.29 is 14.7 Å². The molecule has 0 saturated carbocycles. The molecule has 0 spiro atoms. The van der Waals surface area contributed by atoms with Gasteiger partial charge >= 0.3 is 5.97 Å². The van der Waals surface area contributed by atoms with Crippen LogP contribution in [0.2, 0.25) is 0 Å². The largest absolute Gasteiger partial charge is 0.480 e. The van der Waals surface area contributed by atoms with Crippen molar-refractivity contribution in [3.63, 3.8) is 0 Å². The molecule has 1 aromatic heterocycles. The third kappa shape index (κ3) is 2.51. The summed E-state index contributed by atoms with van der Waals surface area (Å²) in [6.45, 7) is -0.344. The van der Waals surface area contributed by atoms with Gasteiger partial charge in [-0.2, -0.15) is 0 Å². The van der Waals surface area contributed by atoms with Crippen molar-refractivity contribution in [2.75, 3.05) is 13.6 Å². The summed E-state index contributed by atoms with van der Waals surface area (Å²) in [7, 11) is 1.40. The van der Waals surface area contributed by atoms with Gasteiger partial charge in [-0.3, -0.25) is 9.59 Å². The zero-order chi connectivity index (χ0) is 10.6. The average Bonchev–Trinajstić information content (AvgIpc) is 2.17. The Hall–Kier alpha value is -1.98. The minimum Gasteiger partial charge on any atom is -0.480 e. The number of amides is 1. The van der Waals surface area contributed by atoms with E-state index in [-0.39, 0.29) is 12.2 Å². The van der Waals surface area contributed by atoms with Gasteiger partial charge in [0.2, 0.25) is 0 Å². The predicted molar refractivity (Wildman–Crippen MR) is 46.6 cm³/mol. The number of hydrogen-bond acceptors (Lipinski definition) is 4. The van der Waals surface area contributed by atoms with Gasteiger partial charge in [-0.15, -0.1) is 0 Å². The van der Waals surface area contributed by atoms with E-state index < -0.39 is 11.9 Å². The van der Waals surface area contributed by atoms with E-state index in [1.165, 1.54) is 25.6 Å². The highest BCUT2D eigenvalue weighted by Crippen LogP contribution is 1.97. The third-order valence-corrected chi connectivity index (χ3v) is 1.52. The molecule has 6 heteroatoms. The van der Waals surface area contributed by atoms with E-state index in [9.17, 15) is 9.59 Å². The molecule has 14 heavy (non-hydrogen) atoms. The fourth-order valence-electron chi connectivity index (χ4n) is 0.887. The van der Waals surface area contributed by atoms with E-state index in [1.807, 2.05) is 0 Å². The quantitative estimate of drug-likeness (QED) is 0.711. The molecule has 74 valence electrons. The minimum absolute atomic E-state index is 0.184. The number of carbonyl (C=O) groups excluding carboxylic acids is 1. The molecule has 0 fully saturated rings. The highest BCUT2D eigenvalue weighted by Gasteiger charge is 2.14. The first-order chi connectivity index (χ1) is 6.61. The summed E-state index contributed by atoms with van der Waals surface area (Å²) in [5.74, 6) is -1.50. The van der Waals surface area contributed by atoms with E-state index in [4.69, 9.17) is 5.11 Å². The van der Waals surface area contributed by atoms with Crippen LogP contribution in [0.3, 0.4) is 0 Å². The van der Waals surface area contributed by atoms with E-state index >= 15 is 0 Å². The van der Waals surface area contributed by atoms with Crippen LogP contribution in [0.4, 0.5) is 0 Å². The molecular formula is C8H9N3O3. The molecule has 6 nitrogen and oxygen atoms in total. The summed E-state index contributed by atoms with van der Waals surface area (Å²) < 4.78 is 0. The second-order valence-corrected chi connectivity index (χ2v) is 2.65. The Bertz CT molecular complexity index is 339. The van der Waals surface area contributed by atoms with Crippen LogP contribution in [-0.4, -0.2) is 45.4 Å². The number of carbonyl (C=O) groups is 2. The van der Waals surface area contributed by atoms with Crippen molar-refractivity contribution in [2.24, 2.45) is 0 Å². The first-order valence-corrected chi connectivity index (χ1v) is 3.84. The lowest BCUT2D eigenvalue weighted by Crippen LogP contribution is -2.32. The molecule has 1 rings (SSSR count). The monoisotopic (exact) mass is 195 g/mol. The van der Waals surface area contributed by atoms with Crippen molar-refractivity contribution in [1.29, 1.82) is 0 Å². The maximum absolute atomic E-state index is 11.5. The highest BCUT2D eigenvalue weighted by atomic mass is 16.4. The molecular weight excluding hydrogens is 186 g/mol. The molecule has 0 aliphatic rings. The Labute approximate surface area is 80.2 Å². The molecule has 0 bridgehead atoms. The lowest BCUT2D eigenvalue weighted by molar-refractivity contribution is -0.137. The maximum Gasteiger partial charge on any atom is 0.323 e. The molecule has 0 radical (unpaired) electrons. The van der Waals surface area contributed by atoms with Gasteiger partial charge in [-0.25, -0.2) is 9.97 Å². The first-order valence-electron chi connectivity index (χ1n) is 3.84. The molecule has 1 aromatic rings. The van der Waals surface area contributed by atoms with Crippen molar-refractivity contribution in [1.82, 2.24) is 14.9 Å². The molecule has 1 amide bonds. The number of likely N-dealkylation sites (N-methyl/N-ethyl adjacent to an activating group) is 1. The summed E-state index contributed by atoms with van der Waals surface area (Å²) in [4.78, 5) is 30.2. The Morgan fingerprint density at radius 1 is 1.57 bits per heavy atom. The van der Waals surface area contributed by atoms with Crippen LogP contribution in [0.1, 0.15) is 10.5 Å². The number of hydrogen-bond donors (Lipinski definition) is 1. The van der Waals surface area contributed by atoms with Crippen molar-refractivity contribution in [3.05, 3.63) is 24.3 Å². The molecule has 0 aliphatic carbocycles. The SMILES string of the molecule is CN(CC(=O)O)C(=O)c1ccncn1. The van der Waals surface area contributed by atoms with Crippen LogP contribution < -0.4 is 0 Å². The van der Waals surface area contributed by atoms with Crippen LogP contribution in [0, 0.1) is 0 Å². The molecule has 0 atom stereocenters. The number of rotatable bonds is 3. The molecule has 1 heterocycles. The number of nitrogens with zero attached hydrogens (tertiary/aromatic N) is 3. The van der Waals surface area contributed by atoms with Crippen molar-refractivity contribution >= 4 is 11.9 Å². The van der Waals surface area contributed by atoms with Crippen LogP contribution in [0.5, 0.6) is 0 Å². The molecule has 0 saturated heterocycles. The second-order valence-electron chi connectivity index (χ2n) is 2.65. The predicted octanol–water partition coefficient (Wildman–Crippen LogP) is -0.367. The Morgan fingerprint density at radius 3 is 2.79 bits per heavy atom. The highest BCUT2D eigenvalue weighted by molar-refractivity contribution is 5.93. The molecule has 1 N–H and O–H groups in total. The van der Waals surface area contributed by atoms with Gasteiger partial charge in [-0.1, -0.05) is 0 Å². The standard InChI is InChI=1S/C8H9N3O3/c1-11(4-7(12)13)8(14)6-2-3-9-5-10-6/h2-3,5H,4H2,1H3,(H,12,13). The van der Waals surface area contributed by atoms with Gasteiger partial charge < -0.3 is 10.0 Å². The summed E-state index contributed by atoms with van der Waals surface area (Å²) in [5, 5.41) is 8.45. The maximum atomic E-state index is 11.5. The smallest absolute Gasteiger partial charge is 0.323 e. The summed E-state index contributed by atoms with van der Waals surface area (Å²) in [6, 6.07) is 1.43. The first kappa shape index (κ1) is 10.1. The van der Waals surface area contributed by atoms with Gasteiger partial charge in [0.1, 0.15) is 18.6 Å². The number of carboxylic acid groups (broad SMARTS) is 1. The van der Waals surface area contributed by atoms with Gasteiger partial charge in [0.05, 0.1) is 0 Å². The van der Waals surface area contributed by atoms with Crippen LogP contribution in [-0.2, 0) is 4.79 Å². The van der Waals surface area contributed by atoms with Crippen LogP contribution >= 0.6 is 0 Å². The zero-order valence-corrected chi connectivity index (χ0v) is 7.54. The summed E-state index contributed by atoms with van der Waals surface area (Å²) in [5.41, 5.74) is 0.184. The zero-order valence-electron chi connectivity index (χ0n) is 7.54. The van der Waals surface area contributed by atoms with Gasteiger partial charge in [0.25, 0.3) is 5.91 Å². The minimum atomic E-state index is -1.06. The average molecular weight is 195 g/mol. The molecule has 0 unspecified atom stereocenters. The van der Waals surface area contributed by atoms with Gasteiger partial charge in [0.15, 0.2) is 0 Å². The molecule has 0 aliphatic heterocycles. The summed E-state index contributed by atoms with van der Waals surface area (Å²) >= 11 is 0. The number of aromatic nitrogens is 2. The van der Waals surface area contributed by atoms with E-state index in [1.54, 1.807) is 0 Å². The van der Waals surface area contributed by atoms with E-state index in [2.05, 4.69) is 9.97 Å². The van der Waals surface area contributed by atoms with Gasteiger partial charge in [-0.05, 0) is 6.07 Å². The van der Waals surface area contributed by atoms with Crippen molar-refractivity contribution in [2.45, 2.75) is 0 Å². The summed E-state index contributed by atoms with van der Waals surface area (Å²) in [6.07, 6.45) is 2.66. The Morgan fingerprint density at radius 2 is 2.29 bits per heavy atom. The van der Waals surface area contributed by atoms with Crippen LogP contribution in [0.25, 0.3) is 0 Å². The van der Waals surface area contributed by atoms with Crippen molar-refractivity contribution in [3.8, 4) is 0 Å². The van der Waals surface area contributed by atoms with E-state index in [0.717, 1.165) is 4.90 Å².